The predicted octanol–water partition coefficient (Wildman–Crippen LogP) is 6.12. The molecular weight excluding hydrogens is 504 g/mol. The van der Waals surface area contributed by atoms with Crippen molar-refractivity contribution in [3.05, 3.63) is 40.7 Å². The molecule has 0 amide bonds. The Labute approximate surface area is 230 Å². The van der Waals surface area contributed by atoms with Gasteiger partial charge >= 0.3 is 5.97 Å². The number of rotatable bonds is 8. The number of ether oxygens (including phenoxy) is 2. The quantitative estimate of drug-likeness (QED) is 0.429. The lowest BCUT2D eigenvalue weighted by atomic mass is 9.81. The molecule has 7 nitrogen and oxygen atoms in total. The second-order valence-electron chi connectivity index (χ2n) is 12.5. The van der Waals surface area contributed by atoms with Gasteiger partial charge in [0.1, 0.15) is 0 Å². The van der Waals surface area contributed by atoms with Crippen LogP contribution in [-0.4, -0.2) is 59.8 Å². The highest BCUT2D eigenvalue weighted by Crippen LogP contribution is 2.46. The molecule has 1 aromatic carbocycles. The number of carboxylic acids is 1. The second-order valence-corrected chi connectivity index (χ2v) is 12.5. The maximum Gasteiger partial charge on any atom is 0.337 e. The molecule has 0 radical (unpaired) electrons. The smallest absolute Gasteiger partial charge is 0.337 e. The van der Waals surface area contributed by atoms with E-state index in [2.05, 4.69) is 23.6 Å². The molecule has 4 rings (SSSR count). The van der Waals surface area contributed by atoms with Crippen molar-refractivity contribution in [1.29, 1.82) is 0 Å². The van der Waals surface area contributed by atoms with Gasteiger partial charge < -0.3 is 19.5 Å². The maximum atomic E-state index is 15.1. The molecule has 0 aliphatic carbocycles. The topological polar surface area (TPSA) is 75.1 Å². The molecule has 0 unspecified atom stereocenters. The van der Waals surface area contributed by atoms with Crippen LogP contribution in [-0.2, 0) is 16.1 Å². The molecule has 0 bridgehead atoms. The van der Waals surface area contributed by atoms with Crippen LogP contribution in [0.3, 0.4) is 0 Å². The lowest BCUT2D eigenvalue weighted by Crippen LogP contribution is -2.40. The van der Waals surface area contributed by atoms with Crippen molar-refractivity contribution in [1.82, 2.24) is 9.88 Å². The number of hydrogen-bond donors (Lipinski definition) is 1. The van der Waals surface area contributed by atoms with Gasteiger partial charge in [0.05, 0.1) is 24.1 Å². The Balaban J connectivity index is 2.04. The monoisotopic (exact) mass is 545 g/mol. The fraction of sp³-hybridized carbons (Fsp3) is 0.600. The van der Waals surface area contributed by atoms with Gasteiger partial charge in [0.15, 0.2) is 23.5 Å². The lowest BCUT2D eigenvalue weighted by molar-refractivity contribution is -0.160. The first-order chi connectivity index (χ1) is 18.2. The van der Waals surface area contributed by atoms with Gasteiger partial charge in [-0.15, -0.1) is 0 Å². The standard InChI is InChI=1S/C30H41F2N3O4/c1-18-23(27(28(36)37)39-29(2,3)4)25(35-13-9-30(5,6)10-14-35)24(22(33-18)17-34-11-8-12-34)19-15-20(31)26(38-7)21(32)16-19/h15-16,27H,8-14,17H2,1-7H3,(H,36,37)/t27-/m0/s1. The average Bonchev–Trinajstić information content (AvgIpc) is 2.79. The highest BCUT2D eigenvalue weighted by molar-refractivity contribution is 5.88. The number of aryl methyl sites for hydroxylation is 1. The number of carboxylic acid groups (broad SMARTS) is 1. The third kappa shape index (κ3) is 6.35. The SMILES string of the molecule is COc1c(F)cc(-c2c(CN3CCC3)nc(C)c([C@H](OC(C)(C)C)C(=O)O)c2N2CCC(C)(C)CC2)cc1F. The molecule has 9 heteroatoms. The Morgan fingerprint density at radius 3 is 2.18 bits per heavy atom. The van der Waals surface area contributed by atoms with Gasteiger partial charge in [-0.3, -0.25) is 9.88 Å². The molecule has 1 N–H and O–H groups in total. The van der Waals surface area contributed by atoms with Gasteiger partial charge in [-0.1, -0.05) is 13.8 Å². The minimum atomic E-state index is -1.31. The van der Waals surface area contributed by atoms with E-state index in [1.54, 1.807) is 6.92 Å². The van der Waals surface area contributed by atoms with E-state index in [0.717, 1.165) is 32.4 Å². The molecular formula is C30H41F2N3O4. The van der Waals surface area contributed by atoms with Crippen LogP contribution in [0.5, 0.6) is 5.75 Å². The van der Waals surface area contributed by atoms with E-state index in [1.807, 2.05) is 20.8 Å². The van der Waals surface area contributed by atoms with Crippen LogP contribution in [0.2, 0.25) is 0 Å². The van der Waals surface area contributed by atoms with Gasteiger partial charge in [0, 0.05) is 36.5 Å². The molecule has 3 heterocycles. The average molecular weight is 546 g/mol. The maximum absolute atomic E-state index is 15.1. The Kier molecular flexibility index (Phi) is 8.24. The number of piperidine rings is 1. The highest BCUT2D eigenvalue weighted by atomic mass is 19.1. The molecule has 2 aliphatic heterocycles. The van der Waals surface area contributed by atoms with Crippen molar-refractivity contribution >= 4 is 11.7 Å². The van der Waals surface area contributed by atoms with E-state index in [9.17, 15) is 9.90 Å². The molecule has 0 spiro atoms. The number of likely N-dealkylation sites (tertiary alicyclic amines) is 1. The number of methoxy groups -OCH3 is 1. The third-order valence-electron chi connectivity index (χ3n) is 7.68. The molecule has 2 aliphatic rings. The van der Waals surface area contributed by atoms with Crippen molar-refractivity contribution in [2.24, 2.45) is 5.41 Å². The van der Waals surface area contributed by atoms with Crippen LogP contribution < -0.4 is 9.64 Å². The van der Waals surface area contributed by atoms with E-state index in [0.29, 0.717) is 53.4 Å². The Morgan fingerprint density at radius 1 is 1.13 bits per heavy atom. The molecule has 2 fully saturated rings. The lowest BCUT2D eigenvalue weighted by Gasteiger charge is -2.41. The summed E-state index contributed by atoms with van der Waals surface area (Å²) in [7, 11) is 1.23. The van der Waals surface area contributed by atoms with E-state index in [1.165, 1.54) is 19.2 Å². The van der Waals surface area contributed by atoms with Crippen molar-refractivity contribution in [3.63, 3.8) is 0 Å². The van der Waals surface area contributed by atoms with Gasteiger partial charge in [-0.05, 0) is 83.2 Å². The number of pyridine rings is 1. The zero-order valence-corrected chi connectivity index (χ0v) is 24.2. The first-order valence-electron chi connectivity index (χ1n) is 13.7. The van der Waals surface area contributed by atoms with E-state index in [-0.39, 0.29) is 5.41 Å². The summed E-state index contributed by atoms with van der Waals surface area (Å²) in [6.45, 7) is 15.3. The van der Waals surface area contributed by atoms with Gasteiger partial charge in [0.2, 0.25) is 0 Å². The molecule has 2 aromatic rings. The summed E-state index contributed by atoms with van der Waals surface area (Å²) in [5.41, 5.74) is 2.49. The largest absolute Gasteiger partial charge is 0.491 e. The van der Waals surface area contributed by atoms with E-state index >= 15 is 8.78 Å². The number of hydrogen-bond acceptors (Lipinski definition) is 6. The van der Waals surface area contributed by atoms with Crippen LogP contribution in [0, 0.1) is 24.0 Å². The fourth-order valence-corrected chi connectivity index (χ4v) is 5.39. The zero-order chi connectivity index (χ0) is 28.7. The second kappa shape index (κ2) is 11.0. The summed E-state index contributed by atoms with van der Waals surface area (Å²) in [5.74, 6) is -3.24. The molecule has 1 aromatic heterocycles. The summed E-state index contributed by atoms with van der Waals surface area (Å²) < 4.78 is 41.3. The van der Waals surface area contributed by atoms with Gasteiger partial charge in [0.25, 0.3) is 0 Å². The summed E-state index contributed by atoms with van der Waals surface area (Å²) in [5, 5.41) is 10.4. The number of halogens is 2. The Bertz CT molecular complexity index is 1200. The minimum Gasteiger partial charge on any atom is -0.491 e. The van der Waals surface area contributed by atoms with Crippen LogP contribution in [0.1, 0.15) is 76.9 Å². The van der Waals surface area contributed by atoms with E-state index in [4.69, 9.17) is 14.5 Å². The fourth-order valence-electron chi connectivity index (χ4n) is 5.39. The molecule has 214 valence electrons. The molecule has 1 atom stereocenters. The predicted molar refractivity (Wildman–Crippen MR) is 147 cm³/mol. The Morgan fingerprint density at radius 2 is 1.72 bits per heavy atom. The number of carbonyl (C=O) groups is 1. The van der Waals surface area contributed by atoms with Crippen molar-refractivity contribution < 1.29 is 28.2 Å². The summed E-state index contributed by atoms with van der Waals surface area (Å²) in [6.07, 6.45) is 1.54. The molecule has 0 saturated carbocycles. The number of aromatic nitrogens is 1. The first kappa shape index (κ1) is 29.2. The van der Waals surface area contributed by atoms with Crippen molar-refractivity contribution in [2.75, 3.05) is 38.2 Å². The third-order valence-corrected chi connectivity index (χ3v) is 7.68. The number of nitrogens with zero attached hydrogens (tertiary/aromatic N) is 3. The summed E-state index contributed by atoms with van der Waals surface area (Å²) in [6, 6.07) is 2.52. The first-order valence-corrected chi connectivity index (χ1v) is 13.7. The zero-order valence-electron chi connectivity index (χ0n) is 24.2. The summed E-state index contributed by atoms with van der Waals surface area (Å²) >= 11 is 0. The number of benzene rings is 1. The van der Waals surface area contributed by atoms with Crippen LogP contribution in [0.15, 0.2) is 12.1 Å². The van der Waals surface area contributed by atoms with Crippen LogP contribution >= 0.6 is 0 Å². The number of aliphatic carboxylic acids is 1. The summed E-state index contributed by atoms with van der Waals surface area (Å²) in [4.78, 5) is 22.0. The molecule has 2 saturated heterocycles. The molecule has 39 heavy (non-hydrogen) atoms. The highest BCUT2D eigenvalue weighted by Gasteiger charge is 2.37. The Hall–Kier alpha value is -2.78. The van der Waals surface area contributed by atoms with E-state index < -0.39 is 35.1 Å². The number of anilines is 1. The van der Waals surface area contributed by atoms with Crippen molar-refractivity contribution in [3.8, 4) is 16.9 Å². The van der Waals surface area contributed by atoms with Gasteiger partial charge in [-0.25, -0.2) is 13.6 Å². The van der Waals surface area contributed by atoms with Crippen LogP contribution in [0.4, 0.5) is 14.5 Å². The van der Waals surface area contributed by atoms with Crippen LogP contribution in [0.25, 0.3) is 11.1 Å². The van der Waals surface area contributed by atoms with Gasteiger partial charge in [-0.2, -0.15) is 0 Å². The van der Waals surface area contributed by atoms with Crippen molar-refractivity contribution in [2.45, 2.75) is 79.1 Å². The normalized spacial score (nSPS) is 18.5. The minimum absolute atomic E-state index is 0.131.